The minimum Gasteiger partial charge on any atom is -0.388 e. The Bertz CT molecular complexity index is 454. The summed E-state index contributed by atoms with van der Waals surface area (Å²) in [5, 5.41) is 5.83. The van der Waals surface area contributed by atoms with Gasteiger partial charge in [-0.05, 0) is 32.9 Å². The predicted molar refractivity (Wildman–Crippen MR) is 76.5 cm³/mol. The van der Waals surface area contributed by atoms with Crippen LogP contribution in [-0.4, -0.2) is 28.0 Å². The highest BCUT2D eigenvalue weighted by Gasteiger charge is 2.14. The maximum Gasteiger partial charge on any atom is 0.239 e. The number of carbonyl (C=O) groups is 1. The highest BCUT2D eigenvalue weighted by Crippen LogP contribution is 2.11. The molecule has 0 unspecified atom stereocenters. The van der Waals surface area contributed by atoms with E-state index in [1.54, 1.807) is 18.3 Å². The van der Waals surface area contributed by atoms with Crippen molar-refractivity contribution in [1.82, 2.24) is 10.3 Å². The first-order valence-corrected chi connectivity index (χ1v) is 6.00. The van der Waals surface area contributed by atoms with Crippen LogP contribution >= 0.6 is 12.2 Å². The van der Waals surface area contributed by atoms with Crippen molar-refractivity contribution >= 4 is 28.8 Å². The third-order valence-corrected chi connectivity index (χ3v) is 2.19. The van der Waals surface area contributed by atoms with Crippen LogP contribution in [0.4, 0.5) is 5.69 Å². The minimum absolute atomic E-state index is 0.0970. The summed E-state index contributed by atoms with van der Waals surface area (Å²) in [7, 11) is 0. The number of carbonyl (C=O) groups excluding carboxylic acids is 1. The zero-order valence-electron chi connectivity index (χ0n) is 10.8. The molecule has 1 aromatic rings. The van der Waals surface area contributed by atoms with E-state index in [0.717, 1.165) is 0 Å². The van der Waals surface area contributed by atoms with E-state index < -0.39 is 0 Å². The molecule has 4 N–H and O–H groups in total. The van der Waals surface area contributed by atoms with Gasteiger partial charge in [0, 0.05) is 11.7 Å². The number of hydrogen-bond donors (Lipinski definition) is 3. The standard InChI is InChI=1S/C12H18N4OS/c1-12(2,3)16-9(17)7-15-8-5-4-6-14-10(8)11(13)18/h4-6,15H,7H2,1-3H3,(H2,13,18)(H,16,17). The van der Waals surface area contributed by atoms with Crippen LogP contribution in [0.25, 0.3) is 0 Å². The van der Waals surface area contributed by atoms with Gasteiger partial charge in [0.05, 0.1) is 12.2 Å². The summed E-state index contributed by atoms with van der Waals surface area (Å²) in [6, 6.07) is 3.54. The second kappa shape index (κ2) is 5.77. The third-order valence-electron chi connectivity index (χ3n) is 1.99. The quantitative estimate of drug-likeness (QED) is 0.710. The van der Waals surface area contributed by atoms with E-state index in [4.69, 9.17) is 18.0 Å². The van der Waals surface area contributed by atoms with Gasteiger partial charge in [-0.3, -0.25) is 9.78 Å². The van der Waals surface area contributed by atoms with Crippen LogP contribution < -0.4 is 16.4 Å². The van der Waals surface area contributed by atoms with Gasteiger partial charge in [-0.1, -0.05) is 12.2 Å². The van der Waals surface area contributed by atoms with Gasteiger partial charge in [0.2, 0.25) is 5.91 Å². The van der Waals surface area contributed by atoms with E-state index in [-0.39, 0.29) is 23.0 Å². The Hall–Kier alpha value is -1.69. The molecular weight excluding hydrogens is 248 g/mol. The van der Waals surface area contributed by atoms with E-state index in [1.807, 2.05) is 20.8 Å². The van der Waals surface area contributed by atoms with Crippen molar-refractivity contribution in [2.75, 3.05) is 11.9 Å². The highest BCUT2D eigenvalue weighted by molar-refractivity contribution is 7.80. The lowest BCUT2D eigenvalue weighted by Gasteiger charge is -2.21. The molecule has 0 aliphatic heterocycles. The number of thiocarbonyl (C=S) groups is 1. The van der Waals surface area contributed by atoms with Gasteiger partial charge in [-0.25, -0.2) is 0 Å². The SMILES string of the molecule is CC(C)(C)NC(=O)CNc1cccnc1C(N)=S. The first-order chi connectivity index (χ1) is 8.29. The molecule has 0 saturated carbocycles. The number of nitrogens with one attached hydrogen (secondary N) is 2. The zero-order chi connectivity index (χ0) is 13.8. The van der Waals surface area contributed by atoms with Crippen LogP contribution in [0.5, 0.6) is 0 Å². The van der Waals surface area contributed by atoms with Crippen LogP contribution in [0.1, 0.15) is 26.5 Å². The molecule has 1 amide bonds. The second-order valence-corrected chi connectivity index (χ2v) is 5.36. The molecule has 0 spiro atoms. The van der Waals surface area contributed by atoms with Crippen molar-refractivity contribution < 1.29 is 4.79 Å². The van der Waals surface area contributed by atoms with E-state index in [9.17, 15) is 4.79 Å². The number of nitrogens with two attached hydrogens (primary N) is 1. The molecule has 0 aliphatic rings. The Balaban J connectivity index is 2.64. The molecule has 1 aromatic heterocycles. The first-order valence-electron chi connectivity index (χ1n) is 5.59. The molecular formula is C12H18N4OS. The number of aromatic nitrogens is 1. The van der Waals surface area contributed by atoms with E-state index >= 15 is 0 Å². The van der Waals surface area contributed by atoms with Crippen molar-refractivity contribution in [1.29, 1.82) is 0 Å². The fourth-order valence-corrected chi connectivity index (χ4v) is 1.54. The van der Waals surface area contributed by atoms with Gasteiger partial charge in [-0.15, -0.1) is 0 Å². The highest BCUT2D eigenvalue weighted by atomic mass is 32.1. The van der Waals surface area contributed by atoms with Gasteiger partial charge in [0.15, 0.2) is 0 Å². The van der Waals surface area contributed by atoms with Crippen molar-refractivity contribution in [3.63, 3.8) is 0 Å². The maximum absolute atomic E-state index is 11.7. The lowest BCUT2D eigenvalue weighted by molar-refractivity contribution is -0.120. The first kappa shape index (κ1) is 14.4. The average molecular weight is 266 g/mol. The summed E-state index contributed by atoms with van der Waals surface area (Å²) in [5.74, 6) is -0.0970. The predicted octanol–water partition coefficient (Wildman–Crippen LogP) is 1.04. The fourth-order valence-electron chi connectivity index (χ4n) is 1.38. The van der Waals surface area contributed by atoms with Crippen LogP contribution in [-0.2, 0) is 4.79 Å². The Kier molecular flexibility index (Phi) is 4.61. The molecule has 98 valence electrons. The third kappa shape index (κ3) is 4.67. The summed E-state index contributed by atoms with van der Waals surface area (Å²) in [5.41, 5.74) is 6.46. The van der Waals surface area contributed by atoms with E-state index in [1.165, 1.54) is 0 Å². The fraction of sp³-hybridized carbons (Fsp3) is 0.417. The average Bonchev–Trinajstić information content (AvgIpc) is 2.24. The van der Waals surface area contributed by atoms with Gasteiger partial charge in [-0.2, -0.15) is 0 Å². The van der Waals surface area contributed by atoms with E-state index in [2.05, 4.69) is 15.6 Å². The Morgan fingerprint density at radius 2 is 2.17 bits per heavy atom. The smallest absolute Gasteiger partial charge is 0.239 e. The van der Waals surface area contributed by atoms with Crippen molar-refractivity contribution in [3.05, 3.63) is 24.0 Å². The number of hydrogen-bond acceptors (Lipinski definition) is 4. The molecule has 0 bridgehead atoms. The lowest BCUT2D eigenvalue weighted by Crippen LogP contribution is -2.43. The Labute approximate surface area is 112 Å². The molecule has 1 rings (SSSR count). The summed E-state index contributed by atoms with van der Waals surface area (Å²) in [6.07, 6.45) is 1.61. The molecule has 0 radical (unpaired) electrons. The van der Waals surface area contributed by atoms with Crippen molar-refractivity contribution in [2.24, 2.45) is 5.73 Å². The molecule has 1 heterocycles. The van der Waals surface area contributed by atoms with Crippen molar-refractivity contribution in [2.45, 2.75) is 26.3 Å². The summed E-state index contributed by atoms with van der Waals surface area (Å²) in [6.45, 7) is 5.93. The monoisotopic (exact) mass is 266 g/mol. The number of amides is 1. The van der Waals surface area contributed by atoms with Crippen LogP contribution in [0.3, 0.4) is 0 Å². The Morgan fingerprint density at radius 3 is 2.72 bits per heavy atom. The maximum atomic E-state index is 11.7. The molecule has 0 fully saturated rings. The minimum atomic E-state index is -0.250. The topological polar surface area (TPSA) is 80.0 Å². The largest absolute Gasteiger partial charge is 0.388 e. The zero-order valence-corrected chi connectivity index (χ0v) is 11.6. The van der Waals surface area contributed by atoms with Gasteiger partial charge < -0.3 is 16.4 Å². The number of rotatable bonds is 4. The second-order valence-electron chi connectivity index (χ2n) is 4.92. The van der Waals surface area contributed by atoms with Gasteiger partial charge >= 0.3 is 0 Å². The Morgan fingerprint density at radius 1 is 1.50 bits per heavy atom. The summed E-state index contributed by atoms with van der Waals surface area (Å²) >= 11 is 4.89. The summed E-state index contributed by atoms with van der Waals surface area (Å²) < 4.78 is 0. The molecule has 0 aromatic carbocycles. The number of anilines is 1. The summed E-state index contributed by atoms with van der Waals surface area (Å²) in [4.78, 5) is 15.9. The molecule has 6 heteroatoms. The number of pyridine rings is 1. The normalized spacial score (nSPS) is 10.8. The molecule has 0 saturated heterocycles. The van der Waals surface area contributed by atoms with E-state index in [0.29, 0.717) is 11.4 Å². The van der Waals surface area contributed by atoms with Crippen LogP contribution in [0.2, 0.25) is 0 Å². The van der Waals surface area contributed by atoms with Crippen LogP contribution in [0, 0.1) is 0 Å². The van der Waals surface area contributed by atoms with Crippen LogP contribution in [0.15, 0.2) is 18.3 Å². The molecule has 18 heavy (non-hydrogen) atoms. The van der Waals surface area contributed by atoms with Gasteiger partial charge in [0.25, 0.3) is 0 Å². The molecule has 5 nitrogen and oxygen atoms in total. The van der Waals surface area contributed by atoms with Gasteiger partial charge in [0.1, 0.15) is 10.7 Å². The molecule has 0 aliphatic carbocycles. The lowest BCUT2D eigenvalue weighted by atomic mass is 10.1. The number of nitrogens with zero attached hydrogens (tertiary/aromatic N) is 1. The van der Waals surface area contributed by atoms with Crippen molar-refractivity contribution in [3.8, 4) is 0 Å². The molecule has 0 atom stereocenters.